The molecule has 5 heteroatoms. The predicted molar refractivity (Wildman–Crippen MR) is 88.6 cm³/mol. The molecule has 0 fully saturated rings. The molecule has 2 heterocycles. The van der Waals surface area contributed by atoms with Gasteiger partial charge < -0.3 is 5.11 Å². The second-order valence-corrected chi connectivity index (χ2v) is 5.99. The van der Waals surface area contributed by atoms with Crippen LogP contribution in [0.1, 0.15) is 29.5 Å². The number of benzene rings is 1. The molecular formula is C18H17N3O2. The lowest BCUT2D eigenvalue weighted by molar-refractivity contribution is 0.281. The van der Waals surface area contributed by atoms with E-state index in [1.165, 1.54) is 24.0 Å². The molecule has 1 aromatic carbocycles. The summed E-state index contributed by atoms with van der Waals surface area (Å²) in [7, 11) is 0. The number of aromatic nitrogens is 2. The van der Waals surface area contributed by atoms with E-state index in [9.17, 15) is 10.0 Å². The van der Waals surface area contributed by atoms with Crippen molar-refractivity contribution in [2.24, 2.45) is 5.18 Å². The summed E-state index contributed by atoms with van der Waals surface area (Å²) in [5, 5.41) is 12.5. The molecule has 1 N–H and O–H groups in total. The number of aliphatic hydroxyl groups is 1. The summed E-state index contributed by atoms with van der Waals surface area (Å²) in [6.45, 7) is -0.0827. The van der Waals surface area contributed by atoms with E-state index in [4.69, 9.17) is 0 Å². The average molecular weight is 307 g/mol. The molecule has 0 amide bonds. The molecule has 4 rings (SSSR count). The molecule has 0 unspecified atom stereocenters. The van der Waals surface area contributed by atoms with E-state index in [1.54, 1.807) is 22.7 Å². The Balaban J connectivity index is 1.89. The van der Waals surface area contributed by atoms with Crippen LogP contribution in [-0.2, 0) is 19.4 Å². The Bertz CT molecular complexity index is 899. The second kappa shape index (κ2) is 5.59. The molecule has 0 atom stereocenters. The predicted octanol–water partition coefficient (Wildman–Crippen LogP) is 3.77. The second-order valence-electron chi connectivity index (χ2n) is 5.99. The van der Waals surface area contributed by atoms with Gasteiger partial charge in [0.2, 0.25) is 5.82 Å². The van der Waals surface area contributed by atoms with Crippen molar-refractivity contribution in [3.05, 3.63) is 58.1 Å². The van der Waals surface area contributed by atoms with Gasteiger partial charge in [0.15, 0.2) is 0 Å². The van der Waals surface area contributed by atoms with Crippen LogP contribution in [0.2, 0.25) is 0 Å². The van der Waals surface area contributed by atoms with Crippen LogP contribution >= 0.6 is 0 Å². The number of rotatable bonds is 3. The minimum atomic E-state index is -0.0827. The summed E-state index contributed by atoms with van der Waals surface area (Å²) in [5.74, 6) is 0.283. The van der Waals surface area contributed by atoms with Crippen molar-refractivity contribution >= 4 is 11.5 Å². The summed E-state index contributed by atoms with van der Waals surface area (Å²) < 4.78 is 1.65. The van der Waals surface area contributed by atoms with Crippen LogP contribution in [0.3, 0.4) is 0 Å². The molecule has 5 nitrogen and oxygen atoms in total. The van der Waals surface area contributed by atoms with Crippen molar-refractivity contribution in [2.75, 3.05) is 0 Å². The number of hydrogen-bond acceptors (Lipinski definition) is 4. The Morgan fingerprint density at radius 2 is 1.96 bits per heavy atom. The Labute approximate surface area is 133 Å². The standard InChI is InChI=1S/C18H17N3O2/c22-11-12-5-8-16-19-17(18(20-23)21(16)10-12)15-7-6-13-3-1-2-4-14(13)9-15/h5-10,22H,1-4,11H2. The van der Waals surface area contributed by atoms with Gasteiger partial charge in [0.25, 0.3) is 0 Å². The van der Waals surface area contributed by atoms with E-state index in [0.717, 1.165) is 24.0 Å². The quantitative estimate of drug-likeness (QED) is 0.749. The maximum Gasteiger partial charge on any atom is 0.209 e. The molecule has 0 aliphatic heterocycles. The van der Waals surface area contributed by atoms with Gasteiger partial charge in [-0.1, -0.05) is 18.2 Å². The van der Waals surface area contributed by atoms with Crippen molar-refractivity contribution in [3.8, 4) is 11.3 Å². The zero-order chi connectivity index (χ0) is 15.8. The lowest BCUT2D eigenvalue weighted by Gasteiger charge is -2.16. The number of pyridine rings is 1. The minimum absolute atomic E-state index is 0.0827. The SMILES string of the molecule is O=Nc1c(-c2ccc3c(c2)CCCC3)nc2ccc(CO)cn12. The molecule has 0 saturated carbocycles. The summed E-state index contributed by atoms with van der Waals surface area (Å²) in [4.78, 5) is 16.0. The molecule has 0 spiro atoms. The molecule has 116 valence electrons. The van der Waals surface area contributed by atoms with Gasteiger partial charge >= 0.3 is 0 Å². The Morgan fingerprint density at radius 1 is 1.13 bits per heavy atom. The van der Waals surface area contributed by atoms with Crippen molar-refractivity contribution in [1.82, 2.24) is 9.38 Å². The normalized spacial score (nSPS) is 14.0. The topological polar surface area (TPSA) is 67.0 Å². The first-order valence-electron chi connectivity index (χ1n) is 7.87. The van der Waals surface area contributed by atoms with Gasteiger partial charge in [-0.05, 0) is 59.7 Å². The van der Waals surface area contributed by atoms with Crippen LogP contribution in [0, 0.1) is 4.91 Å². The van der Waals surface area contributed by atoms with E-state index >= 15 is 0 Å². The lowest BCUT2D eigenvalue weighted by atomic mass is 9.90. The summed E-state index contributed by atoms with van der Waals surface area (Å²) >= 11 is 0. The fourth-order valence-corrected chi connectivity index (χ4v) is 3.33. The molecule has 3 aromatic rings. The van der Waals surface area contributed by atoms with Crippen LogP contribution in [0.15, 0.2) is 41.7 Å². The average Bonchev–Trinajstić information content (AvgIpc) is 2.98. The highest BCUT2D eigenvalue weighted by atomic mass is 16.3. The fraction of sp³-hybridized carbons (Fsp3) is 0.278. The number of aliphatic hydroxyl groups excluding tert-OH is 1. The number of imidazole rings is 1. The van der Waals surface area contributed by atoms with E-state index in [-0.39, 0.29) is 12.4 Å². The first-order chi connectivity index (χ1) is 11.3. The Hall–Kier alpha value is -2.53. The van der Waals surface area contributed by atoms with Crippen LogP contribution < -0.4 is 0 Å². The van der Waals surface area contributed by atoms with Crippen molar-refractivity contribution in [2.45, 2.75) is 32.3 Å². The lowest BCUT2D eigenvalue weighted by Crippen LogP contribution is -2.02. The van der Waals surface area contributed by atoms with Gasteiger partial charge in [-0.15, -0.1) is 4.91 Å². The number of hydrogen-bond donors (Lipinski definition) is 1. The first-order valence-corrected chi connectivity index (χ1v) is 7.87. The Morgan fingerprint density at radius 3 is 2.74 bits per heavy atom. The van der Waals surface area contributed by atoms with E-state index in [0.29, 0.717) is 11.3 Å². The number of nitrogens with zero attached hydrogens (tertiary/aromatic N) is 3. The molecule has 0 bridgehead atoms. The van der Waals surface area contributed by atoms with E-state index in [2.05, 4.69) is 22.3 Å². The third kappa shape index (κ3) is 2.33. The van der Waals surface area contributed by atoms with Gasteiger partial charge in [0, 0.05) is 11.8 Å². The largest absolute Gasteiger partial charge is 0.392 e. The highest BCUT2D eigenvalue weighted by molar-refractivity contribution is 5.75. The summed E-state index contributed by atoms with van der Waals surface area (Å²) in [6, 6.07) is 9.89. The molecule has 2 aromatic heterocycles. The third-order valence-corrected chi connectivity index (χ3v) is 4.55. The van der Waals surface area contributed by atoms with Crippen molar-refractivity contribution in [3.63, 3.8) is 0 Å². The molecular weight excluding hydrogens is 290 g/mol. The monoisotopic (exact) mass is 307 g/mol. The van der Waals surface area contributed by atoms with Crippen LogP contribution in [0.25, 0.3) is 16.9 Å². The number of fused-ring (bicyclic) bond motifs is 2. The van der Waals surface area contributed by atoms with Crippen LogP contribution in [0.4, 0.5) is 5.82 Å². The van der Waals surface area contributed by atoms with E-state index in [1.807, 2.05) is 6.07 Å². The molecule has 1 aliphatic carbocycles. The molecule has 23 heavy (non-hydrogen) atoms. The van der Waals surface area contributed by atoms with Gasteiger partial charge in [-0.25, -0.2) is 4.98 Å². The maximum absolute atomic E-state index is 11.4. The molecule has 0 saturated heterocycles. The smallest absolute Gasteiger partial charge is 0.209 e. The fourth-order valence-electron chi connectivity index (χ4n) is 3.33. The van der Waals surface area contributed by atoms with Gasteiger partial charge in [0.1, 0.15) is 11.3 Å². The van der Waals surface area contributed by atoms with Gasteiger partial charge in [-0.3, -0.25) is 4.40 Å². The Kier molecular flexibility index (Phi) is 3.42. The highest BCUT2D eigenvalue weighted by Gasteiger charge is 2.17. The van der Waals surface area contributed by atoms with E-state index < -0.39 is 0 Å². The van der Waals surface area contributed by atoms with Crippen LogP contribution in [-0.4, -0.2) is 14.5 Å². The number of nitroso groups, excluding NO2 is 1. The maximum atomic E-state index is 11.4. The number of aryl methyl sites for hydroxylation is 2. The zero-order valence-electron chi connectivity index (χ0n) is 12.7. The van der Waals surface area contributed by atoms with Crippen LogP contribution in [0.5, 0.6) is 0 Å². The third-order valence-electron chi connectivity index (χ3n) is 4.55. The first kappa shape index (κ1) is 14.1. The van der Waals surface area contributed by atoms with Crippen molar-refractivity contribution in [1.29, 1.82) is 0 Å². The van der Waals surface area contributed by atoms with Crippen molar-refractivity contribution < 1.29 is 5.11 Å². The summed E-state index contributed by atoms with van der Waals surface area (Å²) in [6.07, 6.45) is 6.36. The molecule has 1 aliphatic rings. The van der Waals surface area contributed by atoms with Gasteiger partial charge in [-0.2, -0.15) is 0 Å². The highest BCUT2D eigenvalue weighted by Crippen LogP contribution is 2.33. The van der Waals surface area contributed by atoms with Gasteiger partial charge in [0.05, 0.1) is 6.61 Å². The molecule has 0 radical (unpaired) electrons. The zero-order valence-corrected chi connectivity index (χ0v) is 12.7. The summed E-state index contributed by atoms with van der Waals surface area (Å²) in [5.41, 5.74) is 5.64. The minimum Gasteiger partial charge on any atom is -0.392 e.